The predicted molar refractivity (Wildman–Crippen MR) is 81.9 cm³/mol. The van der Waals surface area contributed by atoms with Gasteiger partial charge in [0.15, 0.2) is 5.03 Å². The van der Waals surface area contributed by atoms with Gasteiger partial charge in [0.1, 0.15) is 6.33 Å². The summed E-state index contributed by atoms with van der Waals surface area (Å²) in [5.41, 5.74) is 0.0110. The fourth-order valence-electron chi connectivity index (χ4n) is 1.92. The second-order valence-corrected chi connectivity index (χ2v) is 6.64. The highest BCUT2D eigenvalue weighted by molar-refractivity contribution is 8.00. The van der Waals surface area contributed by atoms with Crippen LogP contribution in [0, 0.1) is 16.0 Å². The van der Waals surface area contributed by atoms with E-state index >= 15 is 0 Å². The average molecular weight is 312 g/mol. The van der Waals surface area contributed by atoms with E-state index in [0.717, 1.165) is 0 Å². The Kier molecular flexibility index (Phi) is 5.35. The molecule has 0 saturated carbocycles. The van der Waals surface area contributed by atoms with Crippen LogP contribution in [0.1, 0.15) is 20.8 Å². The molecule has 2 heterocycles. The number of nitro groups is 1. The zero-order chi connectivity index (χ0) is 15.4. The van der Waals surface area contributed by atoms with Crippen molar-refractivity contribution in [3.05, 3.63) is 16.4 Å². The first kappa shape index (κ1) is 16.0. The molecule has 0 aliphatic carbocycles. The van der Waals surface area contributed by atoms with Crippen molar-refractivity contribution in [1.82, 2.24) is 9.97 Å². The number of anilines is 1. The maximum atomic E-state index is 11.5. The van der Waals surface area contributed by atoms with Crippen LogP contribution in [0.25, 0.3) is 0 Å². The van der Waals surface area contributed by atoms with Crippen molar-refractivity contribution in [3.63, 3.8) is 0 Å². The fraction of sp³-hybridized carbons (Fsp3) is 0.692. The van der Waals surface area contributed by atoms with E-state index in [-0.39, 0.29) is 15.9 Å². The minimum Gasteiger partial charge on any atom is -0.378 e. The Hall–Kier alpha value is -1.41. The Morgan fingerprint density at radius 2 is 2.00 bits per heavy atom. The van der Waals surface area contributed by atoms with Crippen LogP contribution in [-0.2, 0) is 4.74 Å². The lowest BCUT2D eigenvalue weighted by molar-refractivity contribution is -0.387. The minimum absolute atomic E-state index is 0.0110. The summed E-state index contributed by atoms with van der Waals surface area (Å²) in [4.78, 5) is 21.3. The second kappa shape index (κ2) is 7.04. The molecule has 2 rings (SSSR count). The summed E-state index contributed by atoms with van der Waals surface area (Å²) in [7, 11) is 0. The van der Waals surface area contributed by atoms with Crippen LogP contribution in [0.5, 0.6) is 0 Å². The van der Waals surface area contributed by atoms with Crippen molar-refractivity contribution in [2.75, 3.05) is 31.2 Å². The SMILES string of the molecule is CC(C)C(C)Sc1ncnc(N2CCOCC2)c1[N+](=O)[O-]. The van der Waals surface area contributed by atoms with Crippen LogP contribution >= 0.6 is 11.8 Å². The monoisotopic (exact) mass is 312 g/mol. The van der Waals surface area contributed by atoms with Crippen LogP contribution in [0.15, 0.2) is 11.4 Å². The molecule has 1 aliphatic heterocycles. The Labute approximate surface area is 128 Å². The number of ether oxygens (including phenoxy) is 1. The standard InChI is InChI=1S/C13H20N4O3S/c1-9(2)10(3)21-13-11(17(18)19)12(14-8-15-13)16-4-6-20-7-5-16/h8-10H,4-7H2,1-3H3. The second-order valence-electron chi connectivity index (χ2n) is 5.27. The van der Waals surface area contributed by atoms with Crippen LogP contribution < -0.4 is 4.90 Å². The summed E-state index contributed by atoms with van der Waals surface area (Å²) >= 11 is 1.43. The number of hydrogen-bond acceptors (Lipinski definition) is 7. The number of thioether (sulfide) groups is 1. The van der Waals surface area contributed by atoms with Crippen molar-refractivity contribution in [1.29, 1.82) is 0 Å². The zero-order valence-electron chi connectivity index (χ0n) is 12.5. The van der Waals surface area contributed by atoms with Crippen LogP contribution in [0.2, 0.25) is 0 Å². The Morgan fingerprint density at radius 1 is 1.33 bits per heavy atom. The van der Waals surface area contributed by atoms with Gasteiger partial charge >= 0.3 is 5.69 Å². The molecule has 1 atom stereocenters. The van der Waals surface area contributed by atoms with Gasteiger partial charge in [0.2, 0.25) is 5.82 Å². The third-order valence-electron chi connectivity index (χ3n) is 3.50. The maximum absolute atomic E-state index is 11.5. The normalized spacial score (nSPS) is 17.0. The van der Waals surface area contributed by atoms with Gasteiger partial charge in [-0.1, -0.05) is 32.5 Å². The molecule has 0 spiro atoms. The number of aromatic nitrogens is 2. The van der Waals surface area contributed by atoms with E-state index in [2.05, 4.69) is 30.7 Å². The molecule has 8 heteroatoms. The van der Waals surface area contributed by atoms with E-state index in [1.807, 2.05) is 4.90 Å². The number of morpholine rings is 1. The molecule has 0 radical (unpaired) electrons. The third-order valence-corrected chi connectivity index (χ3v) is 4.94. The van der Waals surface area contributed by atoms with Gasteiger partial charge in [-0.3, -0.25) is 10.1 Å². The molecule has 0 N–H and O–H groups in total. The summed E-state index contributed by atoms with van der Waals surface area (Å²) in [5.74, 6) is 0.813. The highest BCUT2D eigenvalue weighted by Gasteiger charge is 2.29. The molecule has 116 valence electrons. The lowest BCUT2D eigenvalue weighted by Gasteiger charge is -2.27. The molecule has 1 aromatic rings. The molecular weight excluding hydrogens is 292 g/mol. The van der Waals surface area contributed by atoms with E-state index in [0.29, 0.717) is 43.1 Å². The predicted octanol–water partition coefficient (Wildman–Crippen LogP) is 2.36. The quantitative estimate of drug-likeness (QED) is 0.357. The lowest BCUT2D eigenvalue weighted by Crippen LogP contribution is -2.37. The van der Waals surface area contributed by atoms with Crippen LogP contribution in [0.3, 0.4) is 0 Å². The molecule has 1 aromatic heterocycles. The van der Waals surface area contributed by atoms with Gasteiger partial charge in [0.25, 0.3) is 0 Å². The van der Waals surface area contributed by atoms with Gasteiger partial charge in [-0.25, -0.2) is 9.97 Å². The van der Waals surface area contributed by atoms with Gasteiger partial charge in [0, 0.05) is 18.3 Å². The van der Waals surface area contributed by atoms with Crippen molar-refractivity contribution in [2.45, 2.75) is 31.0 Å². The zero-order valence-corrected chi connectivity index (χ0v) is 13.3. The topological polar surface area (TPSA) is 81.4 Å². The number of rotatable bonds is 5. The van der Waals surface area contributed by atoms with Crippen molar-refractivity contribution < 1.29 is 9.66 Å². The smallest absolute Gasteiger partial charge is 0.343 e. The molecule has 1 saturated heterocycles. The summed E-state index contributed by atoms with van der Waals surface area (Å²) in [6, 6.07) is 0. The van der Waals surface area contributed by atoms with E-state index in [4.69, 9.17) is 4.74 Å². The number of nitrogens with zero attached hydrogens (tertiary/aromatic N) is 4. The van der Waals surface area contributed by atoms with E-state index in [1.54, 1.807) is 0 Å². The van der Waals surface area contributed by atoms with Gasteiger partial charge in [-0.15, -0.1) is 0 Å². The summed E-state index contributed by atoms with van der Waals surface area (Å²) in [5, 5.41) is 12.2. The van der Waals surface area contributed by atoms with Crippen LogP contribution in [0.4, 0.5) is 11.5 Å². The molecule has 0 amide bonds. The summed E-state index contributed by atoms with van der Waals surface area (Å²) in [6.45, 7) is 8.58. The van der Waals surface area contributed by atoms with Gasteiger partial charge < -0.3 is 9.64 Å². The first-order chi connectivity index (χ1) is 10.0. The molecule has 21 heavy (non-hydrogen) atoms. The average Bonchev–Trinajstić information content (AvgIpc) is 2.47. The summed E-state index contributed by atoms with van der Waals surface area (Å²) in [6.07, 6.45) is 1.41. The summed E-state index contributed by atoms with van der Waals surface area (Å²) < 4.78 is 5.29. The van der Waals surface area contributed by atoms with Crippen molar-refractivity contribution in [3.8, 4) is 0 Å². The maximum Gasteiger partial charge on any atom is 0.343 e. The van der Waals surface area contributed by atoms with E-state index in [1.165, 1.54) is 18.1 Å². The van der Waals surface area contributed by atoms with Crippen molar-refractivity contribution >= 4 is 23.3 Å². The van der Waals surface area contributed by atoms with Gasteiger partial charge in [-0.05, 0) is 5.92 Å². The molecule has 0 aromatic carbocycles. The molecule has 0 bridgehead atoms. The minimum atomic E-state index is -0.375. The first-order valence-corrected chi connectivity index (χ1v) is 7.87. The highest BCUT2D eigenvalue weighted by Crippen LogP contribution is 2.37. The highest BCUT2D eigenvalue weighted by atomic mass is 32.2. The molecule has 1 aliphatic rings. The fourth-order valence-corrected chi connectivity index (χ4v) is 2.93. The molecule has 7 nitrogen and oxygen atoms in total. The largest absolute Gasteiger partial charge is 0.378 e. The number of hydrogen-bond donors (Lipinski definition) is 0. The van der Waals surface area contributed by atoms with E-state index in [9.17, 15) is 10.1 Å². The first-order valence-electron chi connectivity index (χ1n) is 6.99. The van der Waals surface area contributed by atoms with Gasteiger partial charge in [0.05, 0.1) is 18.1 Å². The Bertz CT molecular complexity index is 506. The molecule has 1 fully saturated rings. The van der Waals surface area contributed by atoms with E-state index < -0.39 is 0 Å². The Balaban J connectivity index is 2.34. The van der Waals surface area contributed by atoms with Gasteiger partial charge in [-0.2, -0.15) is 0 Å². The lowest BCUT2D eigenvalue weighted by atomic mass is 10.2. The van der Waals surface area contributed by atoms with Crippen molar-refractivity contribution in [2.24, 2.45) is 5.92 Å². The van der Waals surface area contributed by atoms with Crippen LogP contribution in [-0.4, -0.2) is 46.4 Å². The Morgan fingerprint density at radius 3 is 2.57 bits per heavy atom. The molecule has 1 unspecified atom stereocenters. The third kappa shape index (κ3) is 3.82. The molecular formula is C13H20N4O3S.